The Balaban J connectivity index is 0. The van der Waals surface area contributed by atoms with Crippen LogP contribution in [-0.4, -0.2) is 73.7 Å². The fourth-order valence-corrected chi connectivity index (χ4v) is 0.402. The summed E-state index contributed by atoms with van der Waals surface area (Å²) in [5.74, 6) is -2.20. The van der Waals surface area contributed by atoms with E-state index in [1.165, 1.54) is 0 Å². The summed E-state index contributed by atoms with van der Waals surface area (Å²) < 4.78 is 0. The van der Waals surface area contributed by atoms with Crippen LogP contribution >= 0.6 is 0 Å². The monoisotopic (exact) mass is 237 g/mol. The summed E-state index contributed by atoms with van der Waals surface area (Å²) in [4.78, 5) is 19.9. The molecule has 0 fully saturated rings. The van der Waals surface area contributed by atoms with Gasteiger partial charge in [-0.05, 0) is 6.42 Å². The van der Waals surface area contributed by atoms with Gasteiger partial charge in [-0.2, -0.15) is 0 Å². The summed E-state index contributed by atoms with van der Waals surface area (Å²) >= 11 is 0. The van der Waals surface area contributed by atoms with Crippen LogP contribution in [0.1, 0.15) is 12.8 Å². The molecule has 0 bridgehead atoms. The molecule has 0 unspecified atom stereocenters. The Labute approximate surface area is 101 Å². The van der Waals surface area contributed by atoms with Crippen LogP contribution in [0.2, 0.25) is 0 Å². The minimum absolute atomic E-state index is 0. The zero-order valence-corrected chi connectivity index (χ0v) is 5.28. The minimum atomic E-state index is -1.17. The summed E-state index contributed by atoms with van der Waals surface area (Å²) in [7, 11) is 0. The van der Waals surface area contributed by atoms with Crippen LogP contribution in [0.5, 0.6) is 0 Å². The van der Waals surface area contributed by atoms with Gasteiger partial charge in [0.25, 0.3) is 0 Å². The van der Waals surface area contributed by atoms with Crippen molar-refractivity contribution in [3.63, 3.8) is 0 Å². The third kappa shape index (κ3) is 8.29. The number of rotatable bonds is 4. The molecule has 62 valence electrons. The molecule has 0 radical (unpaired) electrons. The van der Waals surface area contributed by atoms with Gasteiger partial charge >= 0.3 is 57.4 Å². The van der Waals surface area contributed by atoms with Crippen LogP contribution in [0.4, 0.5) is 0 Å². The van der Waals surface area contributed by atoms with Gasteiger partial charge in [0.05, 0.1) is 0 Å². The molecule has 4 N–H and O–H groups in total. The second-order valence-electron chi connectivity index (χ2n) is 1.88. The summed E-state index contributed by atoms with van der Waals surface area (Å²) in [6.07, 6.45) is -0.224. The fraction of sp³-hybridized carbons (Fsp3) is 0.600. The number of hydrogen-bond donors (Lipinski definition) is 3. The molecular formula is C5H11NO4Sr. The zero-order chi connectivity index (χ0) is 8.15. The summed E-state index contributed by atoms with van der Waals surface area (Å²) in [5, 5.41) is 16.3. The third-order valence-electron chi connectivity index (χ3n) is 0.986. The van der Waals surface area contributed by atoms with Crippen LogP contribution in [0.3, 0.4) is 0 Å². The standard InChI is InChI=1S/C5H9NO4.Sr.2H/c6-3(5(9)10)1-2-4(7)8;;;/h3H,1-2,6H2,(H,7,8)(H,9,10);;;/t3-;;;/m1.../s1. The van der Waals surface area contributed by atoms with E-state index >= 15 is 0 Å². The number of aliphatic carboxylic acids is 2. The number of nitrogens with two attached hydrogens (primary N) is 1. The number of carboxylic acid groups (broad SMARTS) is 2. The van der Waals surface area contributed by atoms with Crippen LogP contribution in [0.15, 0.2) is 0 Å². The van der Waals surface area contributed by atoms with Crippen molar-refractivity contribution in [3.05, 3.63) is 0 Å². The maximum absolute atomic E-state index is 9.99. The molecule has 0 aliphatic carbocycles. The Morgan fingerprint density at radius 2 is 1.82 bits per heavy atom. The fourth-order valence-electron chi connectivity index (χ4n) is 0.402. The van der Waals surface area contributed by atoms with E-state index in [9.17, 15) is 9.59 Å². The Bertz CT molecular complexity index is 149. The molecule has 0 aromatic heterocycles. The molecule has 0 amide bonds. The quantitative estimate of drug-likeness (QED) is 0.508. The normalized spacial score (nSPS) is 11.4. The Morgan fingerprint density at radius 3 is 2.09 bits per heavy atom. The number of hydrogen-bond acceptors (Lipinski definition) is 3. The number of carbonyl (C=O) groups is 2. The molecule has 0 saturated heterocycles. The van der Waals surface area contributed by atoms with Gasteiger partial charge in [0.2, 0.25) is 0 Å². The van der Waals surface area contributed by atoms with Crippen LogP contribution in [-0.2, 0) is 9.59 Å². The van der Waals surface area contributed by atoms with E-state index in [-0.39, 0.29) is 58.3 Å². The van der Waals surface area contributed by atoms with E-state index in [1.807, 2.05) is 0 Å². The van der Waals surface area contributed by atoms with Gasteiger partial charge in [-0.25, -0.2) is 0 Å². The van der Waals surface area contributed by atoms with E-state index < -0.39 is 18.0 Å². The molecule has 11 heavy (non-hydrogen) atoms. The van der Waals surface area contributed by atoms with Crippen LogP contribution < -0.4 is 5.73 Å². The van der Waals surface area contributed by atoms with E-state index in [0.717, 1.165) is 0 Å². The Morgan fingerprint density at radius 1 is 1.36 bits per heavy atom. The van der Waals surface area contributed by atoms with Crippen molar-refractivity contribution in [1.29, 1.82) is 0 Å². The van der Waals surface area contributed by atoms with Gasteiger partial charge < -0.3 is 15.9 Å². The van der Waals surface area contributed by atoms with Crippen molar-refractivity contribution < 1.29 is 19.8 Å². The van der Waals surface area contributed by atoms with Crippen LogP contribution in [0, 0.1) is 0 Å². The Hall–Kier alpha value is 0.381. The van der Waals surface area contributed by atoms with Gasteiger partial charge in [0, 0.05) is 6.42 Å². The van der Waals surface area contributed by atoms with Gasteiger partial charge in [-0.1, -0.05) is 0 Å². The molecule has 1 atom stereocenters. The second kappa shape index (κ2) is 7.05. The number of carboxylic acids is 2. The van der Waals surface area contributed by atoms with Crippen LogP contribution in [0.25, 0.3) is 0 Å². The second-order valence-corrected chi connectivity index (χ2v) is 1.88. The molecule has 0 rings (SSSR count). The molecule has 0 heterocycles. The van der Waals surface area contributed by atoms with E-state index in [0.29, 0.717) is 0 Å². The molecule has 0 spiro atoms. The molecule has 0 aliphatic rings. The first-order valence-electron chi connectivity index (χ1n) is 2.74. The van der Waals surface area contributed by atoms with Crippen molar-refractivity contribution in [2.45, 2.75) is 18.9 Å². The topological polar surface area (TPSA) is 101 Å². The summed E-state index contributed by atoms with van der Waals surface area (Å²) in [5.41, 5.74) is 5.00. The van der Waals surface area contributed by atoms with Gasteiger partial charge in [0.15, 0.2) is 0 Å². The molecular weight excluding hydrogens is 226 g/mol. The molecule has 0 saturated carbocycles. The van der Waals surface area contributed by atoms with E-state index in [2.05, 4.69) is 0 Å². The Kier molecular flexibility index (Phi) is 8.94. The van der Waals surface area contributed by atoms with Gasteiger partial charge in [-0.3, -0.25) is 9.59 Å². The zero-order valence-electron chi connectivity index (χ0n) is 5.28. The molecule has 6 heteroatoms. The first-order chi connectivity index (χ1) is 4.54. The van der Waals surface area contributed by atoms with E-state index in [4.69, 9.17) is 15.9 Å². The summed E-state index contributed by atoms with van der Waals surface area (Å²) in [6.45, 7) is 0. The predicted molar refractivity (Wildman–Crippen MR) is 41.0 cm³/mol. The average molecular weight is 237 g/mol. The maximum atomic E-state index is 9.99. The SMILES string of the molecule is N[C@H](CCC(=O)O)C(=O)O.[SrH2]. The molecule has 0 aromatic carbocycles. The van der Waals surface area contributed by atoms with Crippen molar-refractivity contribution in [2.24, 2.45) is 5.73 Å². The molecule has 0 aliphatic heterocycles. The van der Waals surface area contributed by atoms with Crippen molar-refractivity contribution in [2.75, 3.05) is 0 Å². The molecule has 5 nitrogen and oxygen atoms in total. The average Bonchev–Trinajstić information content (AvgIpc) is 1.82. The first-order valence-corrected chi connectivity index (χ1v) is 2.74. The predicted octanol–water partition coefficient (Wildman–Crippen LogP) is -1.65. The van der Waals surface area contributed by atoms with Crippen molar-refractivity contribution >= 4 is 57.4 Å². The van der Waals surface area contributed by atoms with Crippen molar-refractivity contribution in [3.8, 4) is 0 Å². The first kappa shape index (κ1) is 13.9. The van der Waals surface area contributed by atoms with E-state index in [1.54, 1.807) is 0 Å². The van der Waals surface area contributed by atoms with Crippen molar-refractivity contribution in [1.82, 2.24) is 0 Å². The molecule has 0 aromatic rings. The van der Waals surface area contributed by atoms with Gasteiger partial charge in [0.1, 0.15) is 6.04 Å². The van der Waals surface area contributed by atoms with Gasteiger partial charge in [-0.15, -0.1) is 0 Å². The third-order valence-corrected chi connectivity index (χ3v) is 0.986. The summed E-state index contributed by atoms with van der Waals surface area (Å²) in [6, 6.07) is -1.06.